The van der Waals surface area contributed by atoms with E-state index < -0.39 is 6.10 Å². The maximum absolute atomic E-state index is 11.8. The summed E-state index contributed by atoms with van der Waals surface area (Å²) in [5, 5.41) is 12.8. The molecule has 1 heterocycles. The van der Waals surface area contributed by atoms with Gasteiger partial charge in [0.15, 0.2) is 0 Å². The maximum Gasteiger partial charge on any atom is 0.263 e. The summed E-state index contributed by atoms with van der Waals surface area (Å²) >= 11 is 1.32. The highest BCUT2D eigenvalue weighted by molar-refractivity contribution is 7.11. The number of hydrogen-bond donors (Lipinski definition) is 2. The molecule has 1 saturated carbocycles. The summed E-state index contributed by atoms with van der Waals surface area (Å²) in [6, 6.07) is -0.0999. The number of rotatable bonds is 2. The van der Waals surface area contributed by atoms with Crippen LogP contribution in [0.1, 0.15) is 41.8 Å². The van der Waals surface area contributed by atoms with Crippen molar-refractivity contribution in [2.45, 2.75) is 44.2 Å². The van der Waals surface area contributed by atoms with Crippen LogP contribution in [0, 0.1) is 0 Å². The largest absolute Gasteiger partial charge is 0.391 e. The molecule has 2 atom stereocenters. The number of carbonyl (C=O) groups is 1. The van der Waals surface area contributed by atoms with Gasteiger partial charge in [0, 0.05) is 0 Å². The number of amides is 1. The molecule has 1 aliphatic carbocycles. The van der Waals surface area contributed by atoms with E-state index in [1.165, 1.54) is 11.3 Å². The summed E-state index contributed by atoms with van der Waals surface area (Å²) in [7, 11) is 0. The first kappa shape index (κ1) is 11.5. The number of thiazole rings is 1. The zero-order valence-electron chi connectivity index (χ0n) is 9.06. The van der Waals surface area contributed by atoms with Crippen LogP contribution in [-0.4, -0.2) is 28.1 Å². The molecule has 1 amide bonds. The topological polar surface area (TPSA) is 62.2 Å². The first-order valence-corrected chi connectivity index (χ1v) is 6.53. The number of carbonyl (C=O) groups excluding carboxylic acids is 1. The van der Waals surface area contributed by atoms with Crippen LogP contribution in [-0.2, 0) is 0 Å². The SMILES string of the molecule is O=C(NC1CCCCCC1O)c1cncs1. The normalized spacial score (nSPS) is 26.1. The van der Waals surface area contributed by atoms with Crippen LogP contribution in [0.15, 0.2) is 11.7 Å². The van der Waals surface area contributed by atoms with Gasteiger partial charge in [-0.25, -0.2) is 0 Å². The number of aliphatic hydroxyl groups excluding tert-OH is 1. The molecule has 2 rings (SSSR count). The van der Waals surface area contributed by atoms with Gasteiger partial charge in [-0.3, -0.25) is 9.78 Å². The Hall–Kier alpha value is -0.940. The molecule has 0 aromatic carbocycles. The van der Waals surface area contributed by atoms with E-state index in [1.54, 1.807) is 11.7 Å². The minimum atomic E-state index is -0.403. The minimum absolute atomic E-state index is 0.0999. The zero-order valence-corrected chi connectivity index (χ0v) is 9.87. The summed E-state index contributed by atoms with van der Waals surface area (Å²) < 4.78 is 0. The van der Waals surface area contributed by atoms with E-state index in [9.17, 15) is 9.90 Å². The second-order valence-corrected chi connectivity index (χ2v) is 5.04. The van der Waals surface area contributed by atoms with E-state index >= 15 is 0 Å². The van der Waals surface area contributed by atoms with Gasteiger partial charge in [-0.1, -0.05) is 19.3 Å². The molecular formula is C11H16N2O2S. The quantitative estimate of drug-likeness (QED) is 0.771. The molecule has 0 aliphatic heterocycles. The van der Waals surface area contributed by atoms with Crippen molar-refractivity contribution in [1.82, 2.24) is 10.3 Å². The van der Waals surface area contributed by atoms with Crippen molar-refractivity contribution in [2.75, 3.05) is 0 Å². The lowest BCUT2D eigenvalue weighted by Crippen LogP contribution is -2.42. The molecule has 16 heavy (non-hydrogen) atoms. The fourth-order valence-corrected chi connectivity index (χ4v) is 2.55. The predicted molar refractivity (Wildman–Crippen MR) is 62.5 cm³/mol. The van der Waals surface area contributed by atoms with Gasteiger partial charge in [-0.2, -0.15) is 0 Å². The summed E-state index contributed by atoms with van der Waals surface area (Å²) in [5.41, 5.74) is 1.64. The third-order valence-corrected chi connectivity index (χ3v) is 3.72. The van der Waals surface area contributed by atoms with Gasteiger partial charge in [-0.15, -0.1) is 11.3 Å². The molecule has 4 nitrogen and oxygen atoms in total. The van der Waals surface area contributed by atoms with Gasteiger partial charge < -0.3 is 10.4 Å². The molecule has 1 fully saturated rings. The average molecular weight is 240 g/mol. The van der Waals surface area contributed by atoms with Crippen molar-refractivity contribution in [1.29, 1.82) is 0 Å². The third-order valence-electron chi connectivity index (χ3n) is 2.95. The van der Waals surface area contributed by atoms with Crippen molar-refractivity contribution < 1.29 is 9.90 Å². The Bertz CT molecular complexity index is 340. The van der Waals surface area contributed by atoms with Gasteiger partial charge in [0.2, 0.25) is 0 Å². The molecule has 88 valence electrons. The van der Waals surface area contributed by atoms with Crippen LogP contribution in [0.5, 0.6) is 0 Å². The van der Waals surface area contributed by atoms with Crippen molar-refractivity contribution in [3.8, 4) is 0 Å². The summed E-state index contributed by atoms with van der Waals surface area (Å²) in [6.07, 6.45) is 6.07. The maximum atomic E-state index is 11.8. The molecule has 5 heteroatoms. The van der Waals surface area contributed by atoms with E-state index in [2.05, 4.69) is 10.3 Å². The van der Waals surface area contributed by atoms with Crippen LogP contribution in [0.4, 0.5) is 0 Å². The first-order valence-electron chi connectivity index (χ1n) is 5.65. The molecule has 0 spiro atoms. The Morgan fingerprint density at radius 2 is 2.25 bits per heavy atom. The highest BCUT2D eigenvalue weighted by Crippen LogP contribution is 2.18. The lowest BCUT2D eigenvalue weighted by molar-refractivity contribution is 0.0822. The molecule has 1 aliphatic rings. The smallest absolute Gasteiger partial charge is 0.263 e. The van der Waals surface area contributed by atoms with E-state index in [0.717, 1.165) is 32.1 Å². The van der Waals surface area contributed by atoms with Crippen LogP contribution in [0.3, 0.4) is 0 Å². The molecule has 0 saturated heterocycles. The molecule has 1 aromatic heterocycles. The number of aliphatic hydroxyl groups is 1. The molecule has 0 bridgehead atoms. The van der Waals surface area contributed by atoms with E-state index in [1.807, 2.05) is 0 Å². The molecular weight excluding hydrogens is 224 g/mol. The van der Waals surface area contributed by atoms with Crippen LogP contribution in [0.25, 0.3) is 0 Å². The standard InChI is InChI=1S/C11H16N2O2S/c14-9-5-3-1-2-4-8(9)13-11(15)10-6-12-7-16-10/h6-9,14H,1-5H2,(H,13,15). The summed E-state index contributed by atoms with van der Waals surface area (Å²) in [4.78, 5) is 16.3. The second-order valence-electron chi connectivity index (χ2n) is 4.15. The van der Waals surface area contributed by atoms with E-state index in [4.69, 9.17) is 0 Å². The Balaban J connectivity index is 1.95. The van der Waals surface area contributed by atoms with Gasteiger partial charge in [0.1, 0.15) is 4.88 Å². The van der Waals surface area contributed by atoms with Gasteiger partial charge >= 0.3 is 0 Å². The lowest BCUT2D eigenvalue weighted by atomic mass is 10.1. The molecule has 0 radical (unpaired) electrons. The average Bonchev–Trinajstić information content (AvgIpc) is 2.73. The summed E-state index contributed by atoms with van der Waals surface area (Å²) in [6.45, 7) is 0. The third kappa shape index (κ3) is 2.80. The highest BCUT2D eigenvalue weighted by atomic mass is 32.1. The first-order chi connectivity index (χ1) is 7.77. The fraction of sp³-hybridized carbons (Fsp3) is 0.636. The van der Waals surface area contributed by atoms with Crippen molar-refractivity contribution in [2.24, 2.45) is 0 Å². The number of hydrogen-bond acceptors (Lipinski definition) is 4. The molecule has 2 unspecified atom stereocenters. The minimum Gasteiger partial charge on any atom is -0.391 e. The van der Waals surface area contributed by atoms with Crippen LogP contribution < -0.4 is 5.32 Å². The second kappa shape index (κ2) is 5.41. The predicted octanol–water partition coefficient (Wildman–Crippen LogP) is 1.57. The van der Waals surface area contributed by atoms with Crippen LogP contribution >= 0.6 is 11.3 Å². The Kier molecular flexibility index (Phi) is 3.90. The van der Waals surface area contributed by atoms with Crippen molar-refractivity contribution >= 4 is 17.2 Å². The number of nitrogens with one attached hydrogen (secondary N) is 1. The van der Waals surface area contributed by atoms with E-state index in [0.29, 0.717) is 4.88 Å². The Labute approximate surface area is 98.7 Å². The van der Waals surface area contributed by atoms with Gasteiger partial charge in [0.05, 0.1) is 23.9 Å². The van der Waals surface area contributed by atoms with Gasteiger partial charge in [-0.05, 0) is 12.8 Å². The lowest BCUT2D eigenvalue weighted by Gasteiger charge is -2.21. The monoisotopic (exact) mass is 240 g/mol. The van der Waals surface area contributed by atoms with Crippen molar-refractivity contribution in [3.05, 3.63) is 16.6 Å². The fourth-order valence-electron chi connectivity index (χ4n) is 2.02. The van der Waals surface area contributed by atoms with Crippen LogP contribution in [0.2, 0.25) is 0 Å². The zero-order chi connectivity index (χ0) is 11.4. The van der Waals surface area contributed by atoms with Gasteiger partial charge in [0.25, 0.3) is 5.91 Å². The molecule has 1 aromatic rings. The van der Waals surface area contributed by atoms with Crippen molar-refractivity contribution in [3.63, 3.8) is 0 Å². The Morgan fingerprint density at radius 1 is 1.44 bits per heavy atom. The summed E-state index contributed by atoms with van der Waals surface area (Å²) in [5.74, 6) is -0.117. The Morgan fingerprint density at radius 3 is 3.00 bits per heavy atom. The van der Waals surface area contributed by atoms with E-state index in [-0.39, 0.29) is 11.9 Å². The number of nitrogens with zero attached hydrogens (tertiary/aromatic N) is 1. The highest BCUT2D eigenvalue weighted by Gasteiger charge is 2.23. The molecule has 2 N–H and O–H groups in total. The number of aromatic nitrogens is 1.